The molecule has 1 fully saturated rings. The van der Waals surface area contributed by atoms with E-state index in [-0.39, 0.29) is 24.4 Å². The molecule has 3 heteroatoms. The van der Waals surface area contributed by atoms with Crippen LogP contribution in [0.2, 0.25) is 0 Å². The van der Waals surface area contributed by atoms with Gasteiger partial charge in [-0.25, -0.2) is 0 Å². The molecule has 0 saturated carbocycles. The maximum Gasteiger partial charge on any atom is 0.168 e. The van der Waals surface area contributed by atoms with Crippen molar-refractivity contribution in [3.8, 4) is 0 Å². The van der Waals surface area contributed by atoms with Crippen LogP contribution < -0.4 is 0 Å². The van der Waals surface area contributed by atoms with Gasteiger partial charge in [0.15, 0.2) is 5.79 Å². The zero-order valence-corrected chi connectivity index (χ0v) is 8.75. The summed E-state index contributed by atoms with van der Waals surface area (Å²) in [6.45, 7) is 6.89. The average molecular weight is 188 g/mol. The van der Waals surface area contributed by atoms with E-state index in [9.17, 15) is 0 Å². The minimum absolute atomic E-state index is 0.0601. The lowest BCUT2D eigenvalue weighted by Gasteiger charge is -2.26. The molecule has 0 radical (unpaired) electrons. The Morgan fingerprint density at radius 3 is 2.46 bits per heavy atom. The van der Waals surface area contributed by atoms with Crippen molar-refractivity contribution in [2.75, 3.05) is 13.2 Å². The predicted molar refractivity (Wildman–Crippen MR) is 50.4 cm³/mol. The van der Waals surface area contributed by atoms with Gasteiger partial charge in [-0.15, -0.1) is 0 Å². The maximum absolute atomic E-state index is 8.98. The summed E-state index contributed by atoms with van der Waals surface area (Å²) in [6, 6.07) is 0. The van der Waals surface area contributed by atoms with Gasteiger partial charge in [-0.3, -0.25) is 0 Å². The molecule has 0 unspecified atom stereocenters. The first kappa shape index (κ1) is 11.0. The number of rotatable bonds is 4. The van der Waals surface area contributed by atoms with Crippen molar-refractivity contribution < 1.29 is 14.6 Å². The fraction of sp³-hybridized carbons (Fsp3) is 1.00. The van der Waals surface area contributed by atoms with E-state index in [0.29, 0.717) is 6.61 Å². The van der Waals surface area contributed by atoms with E-state index in [4.69, 9.17) is 14.6 Å². The average Bonchev–Trinajstić information content (AvgIpc) is 2.61. The Morgan fingerprint density at radius 2 is 2.08 bits per heavy atom. The SMILES string of the molecule is CCC1(CC)OC[C@@H]([C@H](C)CO)O1. The molecule has 3 nitrogen and oxygen atoms in total. The van der Waals surface area contributed by atoms with Crippen molar-refractivity contribution in [3.05, 3.63) is 0 Å². The summed E-state index contributed by atoms with van der Waals surface area (Å²) in [7, 11) is 0. The first-order valence-corrected chi connectivity index (χ1v) is 5.10. The van der Waals surface area contributed by atoms with Crippen molar-refractivity contribution >= 4 is 0 Å². The summed E-state index contributed by atoms with van der Waals surface area (Å²) < 4.78 is 11.5. The molecular weight excluding hydrogens is 168 g/mol. The van der Waals surface area contributed by atoms with Gasteiger partial charge >= 0.3 is 0 Å². The highest BCUT2D eigenvalue weighted by molar-refractivity contribution is 4.79. The van der Waals surface area contributed by atoms with Gasteiger partial charge in [0.05, 0.1) is 12.7 Å². The third-order valence-corrected chi connectivity index (χ3v) is 2.88. The molecule has 78 valence electrons. The molecule has 0 spiro atoms. The van der Waals surface area contributed by atoms with Gasteiger partial charge in [0, 0.05) is 12.5 Å². The van der Waals surface area contributed by atoms with E-state index in [1.807, 2.05) is 6.92 Å². The minimum atomic E-state index is -0.381. The molecule has 0 bridgehead atoms. The van der Waals surface area contributed by atoms with E-state index in [0.717, 1.165) is 12.8 Å². The summed E-state index contributed by atoms with van der Waals surface area (Å²) in [5.74, 6) is -0.214. The Morgan fingerprint density at radius 1 is 1.46 bits per heavy atom. The van der Waals surface area contributed by atoms with E-state index in [2.05, 4.69) is 13.8 Å². The number of hydrogen-bond acceptors (Lipinski definition) is 3. The van der Waals surface area contributed by atoms with Crippen LogP contribution in [0.15, 0.2) is 0 Å². The predicted octanol–water partition coefficient (Wildman–Crippen LogP) is 1.55. The summed E-state index contributed by atoms with van der Waals surface area (Å²) >= 11 is 0. The van der Waals surface area contributed by atoms with Crippen LogP contribution in [0.3, 0.4) is 0 Å². The Kier molecular flexibility index (Phi) is 3.71. The van der Waals surface area contributed by atoms with Gasteiger partial charge in [-0.1, -0.05) is 20.8 Å². The van der Waals surface area contributed by atoms with Crippen LogP contribution in [0.25, 0.3) is 0 Å². The summed E-state index contributed by atoms with van der Waals surface area (Å²) in [5.41, 5.74) is 0. The standard InChI is InChI=1S/C10H20O3/c1-4-10(5-2)12-7-9(13-10)8(3)6-11/h8-9,11H,4-7H2,1-3H3/t8-,9+/m1/s1. The van der Waals surface area contributed by atoms with Crippen molar-refractivity contribution in [1.82, 2.24) is 0 Å². The van der Waals surface area contributed by atoms with Crippen molar-refractivity contribution in [2.24, 2.45) is 5.92 Å². The Bertz CT molecular complexity index is 154. The first-order valence-electron chi connectivity index (χ1n) is 5.10. The zero-order chi connectivity index (χ0) is 9.90. The van der Waals surface area contributed by atoms with Crippen LogP contribution in [0.5, 0.6) is 0 Å². The van der Waals surface area contributed by atoms with Gasteiger partial charge in [0.25, 0.3) is 0 Å². The summed E-state index contributed by atoms with van der Waals surface area (Å²) in [6.07, 6.45) is 1.81. The van der Waals surface area contributed by atoms with Crippen LogP contribution >= 0.6 is 0 Å². The fourth-order valence-corrected chi connectivity index (χ4v) is 1.60. The molecule has 13 heavy (non-hydrogen) atoms. The Hall–Kier alpha value is -0.120. The van der Waals surface area contributed by atoms with E-state index in [1.54, 1.807) is 0 Å². The number of hydrogen-bond donors (Lipinski definition) is 1. The van der Waals surface area contributed by atoms with Crippen LogP contribution in [-0.2, 0) is 9.47 Å². The molecular formula is C10H20O3. The largest absolute Gasteiger partial charge is 0.396 e. The molecule has 0 aromatic rings. The lowest BCUT2D eigenvalue weighted by atomic mass is 10.1. The van der Waals surface area contributed by atoms with Crippen LogP contribution in [-0.4, -0.2) is 30.2 Å². The quantitative estimate of drug-likeness (QED) is 0.727. The van der Waals surface area contributed by atoms with E-state index in [1.165, 1.54) is 0 Å². The first-order chi connectivity index (χ1) is 6.17. The molecule has 0 aromatic carbocycles. The third-order valence-electron chi connectivity index (χ3n) is 2.88. The summed E-state index contributed by atoms with van der Waals surface area (Å²) in [4.78, 5) is 0. The number of ether oxygens (including phenoxy) is 2. The molecule has 1 heterocycles. The number of aliphatic hydroxyl groups excluding tert-OH is 1. The second-order valence-corrected chi connectivity index (χ2v) is 3.74. The molecule has 1 saturated heterocycles. The lowest BCUT2D eigenvalue weighted by molar-refractivity contribution is -0.177. The monoisotopic (exact) mass is 188 g/mol. The molecule has 0 amide bonds. The van der Waals surface area contributed by atoms with E-state index >= 15 is 0 Å². The van der Waals surface area contributed by atoms with Crippen LogP contribution in [0, 0.1) is 5.92 Å². The molecule has 0 aliphatic carbocycles. The van der Waals surface area contributed by atoms with Gasteiger partial charge in [0.2, 0.25) is 0 Å². The molecule has 1 aliphatic heterocycles. The molecule has 1 N–H and O–H groups in total. The smallest absolute Gasteiger partial charge is 0.168 e. The molecule has 1 rings (SSSR count). The third kappa shape index (κ3) is 2.22. The topological polar surface area (TPSA) is 38.7 Å². The molecule has 0 aromatic heterocycles. The highest BCUT2D eigenvalue weighted by atomic mass is 16.7. The van der Waals surface area contributed by atoms with Gasteiger partial charge in [-0.05, 0) is 12.8 Å². The molecule has 1 aliphatic rings. The zero-order valence-electron chi connectivity index (χ0n) is 8.75. The number of aliphatic hydroxyl groups is 1. The normalized spacial score (nSPS) is 29.1. The van der Waals surface area contributed by atoms with Crippen molar-refractivity contribution in [2.45, 2.75) is 45.5 Å². The van der Waals surface area contributed by atoms with Gasteiger partial charge in [-0.2, -0.15) is 0 Å². The highest BCUT2D eigenvalue weighted by Gasteiger charge is 2.40. The lowest BCUT2D eigenvalue weighted by Crippen LogP contribution is -2.31. The van der Waals surface area contributed by atoms with Crippen LogP contribution in [0.4, 0.5) is 0 Å². The maximum atomic E-state index is 8.98. The van der Waals surface area contributed by atoms with E-state index < -0.39 is 0 Å². The highest BCUT2D eigenvalue weighted by Crippen LogP contribution is 2.32. The second-order valence-electron chi connectivity index (χ2n) is 3.74. The van der Waals surface area contributed by atoms with Gasteiger partial charge < -0.3 is 14.6 Å². The fourth-order valence-electron chi connectivity index (χ4n) is 1.60. The van der Waals surface area contributed by atoms with Crippen molar-refractivity contribution in [1.29, 1.82) is 0 Å². The Labute approximate surface area is 80.0 Å². The molecule has 2 atom stereocenters. The van der Waals surface area contributed by atoms with Crippen LogP contribution in [0.1, 0.15) is 33.6 Å². The van der Waals surface area contributed by atoms with Gasteiger partial charge in [0.1, 0.15) is 0 Å². The summed E-state index contributed by atoms with van der Waals surface area (Å²) in [5, 5.41) is 8.98. The minimum Gasteiger partial charge on any atom is -0.396 e. The van der Waals surface area contributed by atoms with Crippen molar-refractivity contribution in [3.63, 3.8) is 0 Å². The Balaban J connectivity index is 2.51. The second kappa shape index (κ2) is 4.40.